The number of benzene rings is 1. The van der Waals surface area contributed by atoms with E-state index in [0.717, 1.165) is 5.56 Å². The van der Waals surface area contributed by atoms with Gasteiger partial charge in [0, 0.05) is 46.4 Å². The van der Waals surface area contributed by atoms with Gasteiger partial charge in [0.25, 0.3) is 5.56 Å². The Kier molecular flexibility index (Phi) is 10.6. The van der Waals surface area contributed by atoms with Gasteiger partial charge in [-0.3, -0.25) is 14.4 Å². The van der Waals surface area contributed by atoms with E-state index in [4.69, 9.17) is 4.74 Å². The summed E-state index contributed by atoms with van der Waals surface area (Å²) < 4.78 is 21.0. The Morgan fingerprint density at radius 2 is 1.85 bits per heavy atom. The number of likely N-dealkylation sites (N-methyl/N-ethyl adjacent to an activating group) is 1. The van der Waals surface area contributed by atoms with Crippen molar-refractivity contribution in [2.45, 2.75) is 52.2 Å². The van der Waals surface area contributed by atoms with Crippen LogP contribution >= 0.6 is 0 Å². The highest BCUT2D eigenvalue weighted by Crippen LogP contribution is 2.22. The lowest BCUT2D eigenvalue weighted by atomic mass is 10.0. The van der Waals surface area contributed by atoms with Gasteiger partial charge in [-0.25, -0.2) is 14.2 Å². The third kappa shape index (κ3) is 8.60. The fraction of sp³-hybridized carbons (Fsp3) is 0.433. The molecule has 2 aromatic heterocycles. The predicted octanol–water partition coefficient (Wildman–Crippen LogP) is 3.71. The number of hydrogen-bond donors (Lipinski definition) is 1. The molecule has 1 atom stereocenters. The maximum Gasteiger partial charge on any atom is 0.409 e. The molecule has 0 aliphatic heterocycles. The fourth-order valence-corrected chi connectivity index (χ4v) is 4.27. The fourth-order valence-electron chi connectivity index (χ4n) is 4.27. The summed E-state index contributed by atoms with van der Waals surface area (Å²) in [6.45, 7) is 4.19. The Balaban J connectivity index is 1.79. The van der Waals surface area contributed by atoms with Crippen molar-refractivity contribution >= 4 is 28.8 Å². The summed E-state index contributed by atoms with van der Waals surface area (Å²) in [4.78, 5) is 60.8. The van der Waals surface area contributed by atoms with E-state index in [1.807, 2.05) is 13.8 Å². The van der Waals surface area contributed by atoms with Gasteiger partial charge in [-0.1, -0.05) is 26.0 Å². The number of nitrogens with zero attached hydrogens (tertiary/aromatic N) is 4. The number of aromatic nitrogens is 3. The Morgan fingerprint density at radius 3 is 2.51 bits per heavy atom. The highest BCUT2D eigenvalue weighted by atomic mass is 19.1. The summed E-state index contributed by atoms with van der Waals surface area (Å²) in [5, 5.41) is 0. The van der Waals surface area contributed by atoms with E-state index in [0.29, 0.717) is 35.6 Å². The lowest BCUT2D eigenvalue weighted by Gasteiger charge is -2.19. The zero-order chi connectivity index (χ0) is 30.3. The Labute approximate surface area is 238 Å². The van der Waals surface area contributed by atoms with Gasteiger partial charge in [0.2, 0.25) is 5.91 Å². The molecule has 10 nitrogen and oxygen atoms in total. The van der Waals surface area contributed by atoms with E-state index in [-0.39, 0.29) is 42.2 Å². The SMILES string of the molecule is CC(C)Cc1cc(F)cc2[nH]c(Cn3cccc(CC(=O)[C@H](CC/C=C/C(=O)N(C)C)OC(=O)N(C)C)c3=O)nc12. The minimum absolute atomic E-state index is 0.0992. The molecule has 2 heterocycles. The van der Waals surface area contributed by atoms with Crippen molar-refractivity contribution in [2.24, 2.45) is 5.92 Å². The van der Waals surface area contributed by atoms with Crippen LogP contribution in [0.1, 0.15) is 43.6 Å². The van der Waals surface area contributed by atoms with Gasteiger partial charge in [-0.05, 0) is 55.0 Å². The Bertz CT molecular complexity index is 1490. The molecule has 1 aromatic carbocycles. The average molecular weight is 568 g/mol. The minimum atomic E-state index is -1.10. The second kappa shape index (κ2) is 13.9. The number of carbonyl (C=O) groups is 3. The zero-order valence-corrected chi connectivity index (χ0v) is 24.4. The number of nitrogens with one attached hydrogen (secondary N) is 1. The van der Waals surface area contributed by atoms with E-state index in [2.05, 4.69) is 9.97 Å². The third-order valence-corrected chi connectivity index (χ3v) is 6.36. The Hall–Kier alpha value is -4.28. The predicted molar refractivity (Wildman–Crippen MR) is 154 cm³/mol. The van der Waals surface area contributed by atoms with E-state index >= 15 is 0 Å². The first kappa shape index (κ1) is 31.3. The van der Waals surface area contributed by atoms with Crippen molar-refractivity contribution in [2.75, 3.05) is 28.2 Å². The first-order valence-electron chi connectivity index (χ1n) is 13.5. The number of hydrogen-bond acceptors (Lipinski definition) is 6. The monoisotopic (exact) mass is 567 g/mol. The van der Waals surface area contributed by atoms with Gasteiger partial charge < -0.3 is 24.1 Å². The van der Waals surface area contributed by atoms with Crippen molar-refractivity contribution in [1.82, 2.24) is 24.3 Å². The number of fused-ring (bicyclic) bond motifs is 1. The number of amides is 2. The molecule has 41 heavy (non-hydrogen) atoms. The van der Waals surface area contributed by atoms with E-state index in [9.17, 15) is 23.6 Å². The molecule has 11 heteroatoms. The van der Waals surface area contributed by atoms with Gasteiger partial charge in [0.05, 0.1) is 17.6 Å². The lowest BCUT2D eigenvalue weighted by molar-refractivity contribution is -0.127. The van der Waals surface area contributed by atoms with Crippen LogP contribution in [0.15, 0.2) is 47.4 Å². The summed E-state index contributed by atoms with van der Waals surface area (Å²) in [6, 6.07) is 6.09. The summed E-state index contributed by atoms with van der Waals surface area (Å²) in [5.74, 6) is -0.189. The van der Waals surface area contributed by atoms with Gasteiger partial charge in [-0.15, -0.1) is 0 Å². The lowest BCUT2D eigenvalue weighted by Crippen LogP contribution is -2.35. The second-order valence-corrected chi connectivity index (χ2v) is 10.8. The van der Waals surface area contributed by atoms with E-state index in [1.54, 1.807) is 38.5 Å². The largest absolute Gasteiger partial charge is 0.438 e. The molecule has 0 saturated heterocycles. The quantitative estimate of drug-likeness (QED) is 0.334. The maximum absolute atomic E-state index is 14.2. The van der Waals surface area contributed by atoms with Crippen molar-refractivity contribution in [3.05, 3.63) is 75.7 Å². The molecule has 220 valence electrons. The number of Topliss-reactive ketones (excluding diaryl/α,β-unsaturated/α-hetero) is 1. The number of ketones is 1. The van der Waals surface area contributed by atoms with Crippen LogP contribution in [0.25, 0.3) is 11.0 Å². The molecule has 1 N–H and O–H groups in total. The summed E-state index contributed by atoms with van der Waals surface area (Å²) in [7, 11) is 6.27. The van der Waals surface area contributed by atoms with Gasteiger partial charge >= 0.3 is 6.09 Å². The molecular formula is C30H38FN5O5. The topological polar surface area (TPSA) is 118 Å². The molecule has 0 fully saturated rings. The molecule has 0 radical (unpaired) electrons. The van der Waals surface area contributed by atoms with Gasteiger partial charge in [0.1, 0.15) is 11.6 Å². The number of allylic oxidation sites excluding steroid dienone is 1. The maximum atomic E-state index is 14.2. The number of imidazole rings is 1. The smallest absolute Gasteiger partial charge is 0.409 e. The normalized spacial score (nSPS) is 12.2. The number of H-pyrrole nitrogens is 1. The minimum Gasteiger partial charge on any atom is -0.438 e. The van der Waals surface area contributed by atoms with Crippen LogP contribution in [0.2, 0.25) is 0 Å². The molecule has 0 aliphatic rings. The van der Waals surface area contributed by atoms with Crippen LogP contribution in [0.4, 0.5) is 9.18 Å². The second-order valence-electron chi connectivity index (χ2n) is 10.8. The van der Waals surface area contributed by atoms with Gasteiger partial charge in [-0.2, -0.15) is 0 Å². The summed E-state index contributed by atoms with van der Waals surface area (Å²) in [5.41, 5.74) is 1.88. The van der Waals surface area contributed by atoms with Crippen molar-refractivity contribution in [3.63, 3.8) is 0 Å². The van der Waals surface area contributed by atoms with Crippen molar-refractivity contribution in [1.29, 1.82) is 0 Å². The molecule has 3 rings (SSSR count). The molecule has 3 aromatic rings. The highest BCUT2D eigenvalue weighted by Gasteiger charge is 2.24. The zero-order valence-electron chi connectivity index (χ0n) is 24.4. The molecule has 0 unspecified atom stereocenters. The first-order valence-corrected chi connectivity index (χ1v) is 13.5. The average Bonchev–Trinajstić information content (AvgIpc) is 3.29. The number of rotatable bonds is 12. The van der Waals surface area contributed by atoms with Crippen LogP contribution < -0.4 is 5.56 Å². The number of pyridine rings is 1. The molecule has 0 spiro atoms. The number of aromatic amines is 1. The molecule has 0 bridgehead atoms. The van der Waals surface area contributed by atoms with Crippen molar-refractivity contribution in [3.8, 4) is 0 Å². The van der Waals surface area contributed by atoms with Crippen LogP contribution in [-0.2, 0) is 33.7 Å². The van der Waals surface area contributed by atoms with Gasteiger partial charge in [0.15, 0.2) is 11.9 Å². The molecule has 0 aliphatic carbocycles. The first-order chi connectivity index (χ1) is 19.3. The standard InChI is InChI=1S/C30H38FN5O5/c1-19(2)14-21-15-22(31)17-23-28(21)33-26(32-23)18-36-13-9-10-20(29(36)39)16-24(37)25(41-30(40)35(5)6)11-7-8-12-27(38)34(3)4/h8-10,12-13,15,17,19,25H,7,11,14,16,18H2,1-6H3,(H,32,33)/b12-8+/t25-/m0/s1. The number of ether oxygens (including phenoxy) is 1. The molecule has 0 saturated carbocycles. The molecular weight excluding hydrogens is 529 g/mol. The highest BCUT2D eigenvalue weighted by molar-refractivity contribution is 5.88. The Morgan fingerprint density at radius 1 is 1.12 bits per heavy atom. The van der Waals surface area contributed by atoms with Crippen LogP contribution in [0.3, 0.4) is 0 Å². The summed E-state index contributed by atoms with van der Waals surface area (Å²) in [6.07, 6.45) is 3.73. The van der Waals surface area contributed by atoms with Crippen LogP contribution in [0.5, 0.6) is 0 Å². The summed E-state index contributed by atoms with van der Waals surface area (Å²) >= 11 is 0. The van der Waals surface area contributed by atoms with E-state index in [1.165, 1.54) is 46.7 Å². The molecule has 2 amide bonds. The van der Waals surface area contributed by atoms with Crippen LogP contribution in [0, 0.1) is 11.7 Å². The van der Waals surface area contributed by atoms with Crippen LogP contribution in [-0.4, -0.2) is 76.4 Å². The number of carbonyl (C=O) groups excluding carboxylic acids is 3. The number of halogens is 1. The third-order valence-electron chi connectivity index (χ3n) is 6.36. The van der Waals surface area contributed by atoms with Crippen molar-refractivity contribution < 1.29 is 23.5 Å². The van der Waals surface area contributed by atoms with E-state index < -0.39 is 18.0 Å².